The quantitative estimate of drug-likeness (QED) is 0.578. The van der Waals surface area contributed by atoms with Gasteiger partial charge in [-0.05, 0) is 43.2 Å². The van der Waals surface area contributed by atoms with Gasteiger partial charge in [-0.25, -0.2) is 9.97 Å². The van der Waals surface area contributed by atoms with E-state index in [0.29, 0.717) is 37.8 Å². The van der Waals surface area contributed by atoms with E-state index in [9.17, 15) is 5.11 Å². The van der Waals surface area contributed by atoms with Gasteiger partial charge in [0, 0.05) is 13.1 Å². The first kappa shape index (κ1) is 18.4. The smallest absolute Gasteiger partial charge is 0.222 e. The van der Waals surface area contributed by atoms with Crippen LogP contribution in [-0.4, -0.2) is 52.2 Å². The Balaban J connectivity index is 1.66. The molecular formula is C16H26ClN3O3. The molecule has 1 N–H and O–H groups in total. The van der Waals surface area contributed by atoms with Gasteiger partial charge in [0.1, 0.15) is 6.73 Å². The fourth-order valence-electron chi connectivity index (χ4n) is 2.54. The van der Waals surface area contributed by atoms with Gasteiger partial charge in [-0.3, -0.25) is 4.90 Å². The first-order valence-electron chi connectivity index (χ1n) is 8.23. The summed E-state index contributed by atoms with van der Waals surface area (Å²) in [6, 6.07) is 0. The Morgan fingerprint density at radius 1 is 1.26 bits per heavy atom. The molecule has 0 aliphatic carbocycles. The second kappa shape index (κ2) is 8.78. The standard InChI is InChI=1S/C16H26ClN3O3/c1-3-16(21,4-2)23-12-20-7-5-13(6-8-20)11-22-14-9-18-15(17)19-10-14/h9-10,13,21H,3-8,11-12H2,1-2H3. The molecule has 2 heterocycles. The van der Waals surface area contributed by atoms with Crippen molar-refractivity contribution in [2.45, 2.75) is 45.3 Å². The number of hydrogen-bond acceptors (Lipinski definition) is 6. The molecule has 0 bridgehead atoms. The lowest BCUT2D eigenvalue weighted by molar-refractivity contribution is -0.229. The maximum atomic E-state index is 10.2. The molecule has 0 radical (unpaired) electrons. The van der Waals surface area contributed by atoms with E-state index in [1.54, 1.807) is 12.4 Å². The third-order valence-corrected chi connectivity index (χ3v) is 4.61. The van der Waals surface area contributed by atoms with Crippen LogP contribution >= 0.6 is 11.6 Å². The number of hydrogen-bond donors (Lipinski definition) is 1. The van der Waals surface area contributed by atoms with Gasteiger partial charge in [0.05, 0.1) is 19.0 Å². The minimum absolute atomic E-state index is 0.227. The largest absolute Gasteiger partial charge is 0.490 e. The third kappa shape index (κ3) is 5.88. The van der Waals surface area contributed by atoms with Crippen molar-refractivity contribution >= 4 is 11.6 Å². The van der Waals surface area contributed by atoms with Crippen molar-refractivity contribution in [1.82, 2.24) is 14.9 Å². The summed E-state index contributed by atoms with van der Waals surface area (Å²) in [5.41, 5.74) is 0. The van der Waals surface area contributed by atoms with Gasteiger partial charge < -0.3 is 14.6 Å². The Labute approximate surface area is 142 Å². The number of aliphatic hydroxyl groups is 1. The molecule has 1 fully saturated rings. The van der Waals surface area contributed by atoms with Gasteiger partial charge in [-0.1, -0.05) is 13.8 Å². The molecule has 0 spiro atoms. The van der Waals surface area contributed by atoms with Crippen LogP contribution in [0.1, 0.15) is 39.5 Å². The average Bonchev–Trinajstić information content (AvgIpc) is 2.60. The van der Waals surface area contributed by atoms with Crippen LogP contribution in [0.5, 0.6) is 5.75 Å². The van der Waals surface area contributed by atoms with Gasteiger partial charge in [-0.15, -0.1) is 0 Å². The van der Waals surface area contributed by atoms with E-state index in [1.807, 2.05) is 13.8 Å². The number of aromatic nitrogens is 2. The molecule has 1 aliphatic heterocycles. The van der Waals surface area contributed by atoms with E-state index in [-0.39, 0.29) is 5.28 Å². The highest BCUT2D eigenvalue weighted by molar-refractivity contribution is 6.28. The molecule has 2 rings (SSSR count). The Hall–Kier alpha value is -0.950. The first-order valence-corrected chi connectivity index (χ1v) is 8.61. The van der Waals surface area contributed by atoms with Crippen LogP contribution in [-0.2, 0) is 4.74 Å². The Kier molecular flexibility index (Phi) is 7.02. The highest BCUT2D eigenvalue weighted by Gasteiger charge is 2.26. The molecule has 0 saturated carbocycles. The first-order chi connectivity index (χ1) is 11.0. The molecule has 6 nitrogen and oxygen atoms in total. The van der Waals surface area contributed by atoms with Gasteiger partial charge in [-0.2, -0.15) is 0 Å². The Morgan fingerprint density at radius 3 is 2.43 bits per heavy atom. The van der Waals surface area contributed by atoms with E-state index >= 15 is 0 Å². The number of likely N-dealkylation sites (tertiary alicyclic amines) is 1. The second-order valence-electron chi connectivity index (χ2n) is 5.99. The molecule has 0 unspecified atom stereocenters. The zero-order valence-corrected chi connectivity index (χ0v) is 14.6. The summed E-state index contributed by atoms with van der Waals surface area (Å²) in [6.45, 7) is 6.93. The Bertz CT molecular complexity index is 460. The van der Waals surface area contributed by atoms with E-state index in [2.05, 4.69) is 14.9 Å². The number of rotatable bonds is 8. The number of ether oxygens (including phenoxy) is 2. The summed E-state index contributed by atoms with van der Waals surface area (Å²) in [4.78, 5) is 10.0. The predicted molar refractivity (Wildman–Crippen MR) is 88.3 cm³/mol. The SMILES string of the molecule is CCC(O)(CC)OCN1CCC(COc2cnc(Cl)nc2)CC1. The fraction of sp³-hybridized carbons (Fsp3) is 0.750. The monoisotopic (exact) mass is 343 g/mol. The molecule has 0 atom stereocenters. The van der Waals surface area contributed by atoms with Crippen LogP contribution in [0, 0.1) is 5.92 Å². The van der Waals surface area contributed by atoms with Gasteiger partial charge in [0.15, 0.2) is 11.5 Å². The minimum Gasteiger partial charge on any atom is -0.490 e. The van der Waals surface area contributed by atoms with Crippen LogP contribution in [0.2, 0.25) is 5.28 Å². The lowest BCUT2D eigenvalue weighted by atomic mass is 9.98. The van der Waals surface area contributed by atoms with Crippen LogP contribution in [0.15, 0.2) is 12.4 Å². The lowest BCUT2D eigenvalue weighted by Gasteiger charge is -2.34. The molecule has 0 aromatic carbocycles. The number of nitrogens with zero attached hydrogens (tertiary/aromatic N) is 3. The van der Waals surface area contributed by atoms with Crippen molar-refractivity contribution in [3.05, 3.63) is 17.7 Å². The molecule has 1 aliphatic rings. The molecule has 1 aromatic rings. The van der Waals surface area contributed by atoms with Crippen molar-refractivity contribution in [2.75, 3.05) is 26.4 Å². The predicted octanol–water partition coefficient (Wildman–Crippen LogP) is 2.70. The second-order valence-corrected chi connectivity index (χ2v) is 6.33. The molecule has 1 aromatic heterocycles. The van der Waals surface area contributed by atoms with E-state index in [1.165, 1.54) is 0 Å². The number of halogens is 1. The van der Waals surface area contributed by atoms with E-state index in [0.717, 1.165) is 25.9 Å². The Morgan fingerprint density at radius 2 is 1.87 bits per heavy atom. The van der Waals surface area contributed by atoms with Crippen molar-refractivity contribution in [3.8, 4) is 5.75 Å². The fourth-order valence-corrected chi connectivity index (χ4v) is 2.63. The van der Waals surface area contributed by atoms with Crippen molar-refractivity contribution < 1.29 is 14.6 Å². The van der Waals surface area contributed by atoms with Crippen LogP contribution in [0.3, 0.4) is 0 Å². The maximum Gasteiger partial charge on any atom is 0.222 e. The van der Waals surface area contributed by atoms with Crippen molar-refractivity contribution in [1.29, 1.82) is 0 Å². The lowest BCUT2D eigenvalue weighted by Crippen LogP contribution is -2.41. The zero-order chi connectivity index (χ0) is 16.7. The molecule has 1 saturated heterocycles. The average molecular weight is 344 g/mol. The summed E-state index contributed by atoms with van der Waals surface area (Å²) < 4.78 is 11.4. The van der Waals surface area contributed by atoms with Gasteiger partial charge >= 0.3 is 0 Å². The molecule has 0 amide bonds. The van der Waals surface area contributed by atoms with E-state index < -0.39 is 5.79 Å². The number of piperidine rings is 1. The zero-order valence-electron chi connectivity index (χ0n) is 13.9. The summed E-state index contributed by atoms with van der Waals surface area (Å²) >= 11 is 5.65. The van der Waals surface area contributed by atoms with Crippen LogP contribution in [0.25, 0.3) is 0 Å². The minimum atomic E-state index is -0.992. The van der Waals surface area contributed by atoms with Gasteiger partial charge in [0.25, 0.3) is 0 Å². The van der Waals surface area contributed by atoms with Crippen molar-refractivity contribution in [3.63, 3.8) is 0 Å². The normalized spacial score (nSPS) is 17.4. The summed E-state index contributed by atoms with van der Waals surface area (Å²) in [7, 11) is 0. The summed E-state index contributed by atoms with van der Waals surface area (Å²) in [5, 5.41) is 10.4. The molecule has 23 heavy (non-hydrogen) atoms. The maximum absolute atomic E-state index is 10.2. The summed E-state index contributed by atoms with van der Waals surface area (Å²) in [5.74, 6) is 0.170. The molecule has 7 heteroatoms. The van der Waals surface area contributed by atoms with E-state index in [4.69, 9.17) is 21.1 Å². The third-order valence-electron chi connectivity index (χ3n) is 4.41. The van der Waals surface area contributed by atoms with Crippen LogP contribution < -0.4 is 4.74 Å². The molecular weight excluding hydrogens is 318 g/mol. The van der Waals surface area contributed by atoms with Crippen LogP contribution in [0.4, 0.5) is 0 Å². The summed E-state index contributed by atoms with van der Waals surface area (Å²) in [6.07, 6.45) is 6.50. The highest BCUT2D eigenvalue weighted by Crippen LogP contribution is 2.21. The topological polar surface area (TPSA) is 67.7 Å². The molecule has 130 valence electrons. The van der Waals surface area contributed by atoms with Crippen molar-refractivity contribution in [2.24, 2.45) is 5.92 Å². The van der Waals surface area contributed by atoms with Gasteiger partial charge in [0.2, 0.25) is 5.28 Å². The highest BCUT2D eigenvalue weighted by atomic mass is 35.5.